The van der Waals surface area contributed by atoms with Crippen LogP contribution in [0.4, 0.5) is 0 Å². The van der Waals surface area contributed by atoms with E-state index in [-0.39, 0.29) is 18.0 Å². The zero-order valence-corrected chi connectivity index (χ0v) is 10.8. The van der Waals surface area contributed by atoms with Crippen LogP contribution in [-0.4, -0.2) is 49.6 Å². The summed E-state index contributed by atoms with van der Waals surface area (Å²) in [5.41, 5.74) is 0.0707. The molecule has 0 radical (unpaired) electrons. The molecule has 0 aliphatic carbocycles. The van der Waals surface area contributed by atoms with Gasteiger partial charge in [0.15, 0.2) is 5.78 Å². The second-order valence-electron chi connectivity index (χ2n) is 3.85. The molecule has 1 aliphatic rings. The van der Waals surface area contributed by atoms with Gasteiger partial charge in [-0.3, -0.25) is 4.79 Å². The van der Waals surface area contributed by atoms with Crippen molar-refractivity contribution in [1.29, 1.82) is 0 Å². The summed E-state index contributed by atoms with van der Waals surface area (Å²) in [7, 11) is 0. The number of ether oxygens (including phenoxy) is 2. The van der Waals surface area contributed by atoms with E-state index in [0.717, 1.165) is 13.1 Å². The maximum atomic E-state index is 11.5. The van der Waals surface area contributed by atoms with E-state index in [1.807, 2.05) is 6.20 Å². The van der Waals surface area contributed by atoms with E-state index in [1.165, 1.54) is 13.0 Å². The van der Waals surface area contributed by atoms with Crippen LogP contribution < -0.4 is 0 Å². The molecule has 0 atom stereocenters. The van der Waals surface area contributed by atoms with Crippen molar-refractivity contribution in [2.75, 3.05) is 32.9 Å². The summed E-state index contributed by atoms with van der Waals surface area (Å²) in [4.78, 5) is 24.9. The Morgan fingerprint density at radius 3 is 2.56 bits per heavy atom. The Bertz CT molecular complexity index is 354. The average Bonchev–Trinajstić information content (AvgIpc) is 2.35. The molecule has 5 nitrogen and oxygen atoms in total. The molecule has 18 heavy (non-hydrogen) atoms. The Morgan fingerprint density at radius 2 is 2.00 bits per heavy atom. The predicted molar refractivity (Wildman–Crippen MR) is 66.9 cm³/mol. The molecule has 1 fully saturated rings. The highest BCUT2D eigenvalue weighted by Crippen LogP contribution is 2.03. The first-order chi connectivity index (χ1) is 8.65. The summed E-state index contributed by atoms with van der Waals surface area (Å²) < 4.78 is 10.0. The van der Waals surface area contributed by atoms with Gasteiger partial charge >= 0.3 is 5.97 Å². The van der Waals surface area contributed by atoms with E-state index < -0.39 is 5.97 Å². The van der Waals surface area contributed by atoms with Gasteiger partial charge < -0.3 is 14.4 Å². The lowest BCUT2D eigenvalue weighted by atomic mass is 10.2. The third-order valence-corrected chi connectivity index (χ3v) is 2.48. The maximum Gasteiger partial charge on any atom is 0.341 e. The highest BCUT2D eigenvalue weighted by Gasteiger charge is 2.14. The number of esters is 1. The zero-order valence-electron chi connectivity index (χ0n) is 10.8. The largest absolute Gasteiger partial charge is 0.462 e. The smallest absolute Gasteiger partial charge is 0.341 e. The quantitative estimate of drug-likeness (QED) is 0.240. The molecule has 100 valence electrons. The van der Waals surface area contributed by atoms with Crippen LogP contribution in [0.25, 0.3) is 0 Å². The minimum atomic E-state index is -0.573. The van der Waals surface area contributed by atoms with Crippen LogP contribution in [0.2, 0.25) is 0 Å². The van der Waals surface area contributed by atoms with Crippen molar-refractivity contribution in [3.8, 4) is 0 Å². The number of nitrogens with zero attached hydrogens (tertiary/aromatic N) is 1. The monoisotopic (exact) mass is 253 g/mol. The SMILES string of the molecule is CCOC(=O)C(=CC=CN1CCOCC1)C(C)=O. The van der Waals surface area contributed by atoms with Crippen molar-refractivity contribution in [3.63, 3.8) is 0 Å². The Hall–Kier alpha value is -1.62. The van der Waals surface area contributed by atoms with Gasteiger partial charge in [-0.25, -0.2) is 4.79 Å². The van der Waals surface area contributed by atoms with E-state index in [0.29, 0.717) is 13.2 Å². The Labute approximate surface area is 107 Å². The van der Waals surface area contributed by atoms with E-state index in [4.69, 9.17) is 9.47 Å². The average molecular weight is 253 g/mol. The van der Waals surface area contributed by atoms with Crippen LogP contribution >= 0.6 is 0 Å². The lowest BCUT2D eigenvalue weighted by Gasteiger charge is -2.24. The lowest BCUT2D eigenvalue weighted by Crippen LogP contribution is -2.31. The minimum absolute atomic E-state index is 0.0707. The van der Waals surface area contributed by atoms with E-state index in [9.17, 15) is 9.59 Å². The van der Waals surface area contributed by atoms with Crippen molar-refractivity contribution in [2.45, 2.75) is 13.8 Å². The Morgan fingerprint density at radius 1 is 1.33 bits per heavy atom. The van der Waals surface area contributed by atoms with Gasteiger partial charge in [-0.2, -0.15) is 0 Å². The summed E-state index contributed by atoms with van der Waals surface area (Å²) in [5, 5.41) is 0. The van der Waals surface area contributed by atoms with Gasteiger partial charge in [0.2, 0.25) is 0 Å². The summed E-state index contributed by atoms with van der Waals surface area (Å²) >= 11 is 0. The van der Waals surface area contributed by atoms with Gasteiger partial charge in [-0.1, -0.05) is 0 Å². The number of morpholine rings is 1. The predicted octanol–water partition coefficient (Wildman–Crippen LogP) is 0.911. The summed E-state index contributed by atoms with van der Waals surface area (Å²) in [6.45, 7) is 6.36. The molecular weight excluding hydrogens is 234 g/mol. The number of ketones is 1. The first-order valence-electron chi connectivity index (χ1n) is 6.03. The molecule has 0 saturated carbocycles. The van der Waals surface area contributed by atoms with E-state index in [2.05, 4.69) is 4.90 Å². The number of hydrogen-bond donors (Lipinski definition) is 0. The van der Waals surface area contributed by atoms with Crippen molar-refractivity contribution < 1.29 is 19.1 Å². The van der Waals surface area contributed by atoms with Crippen LogP contribution in [-0.2, 0) is 19.1 Å². The number of carbonyl (C=O) groups is 2. The number of carbonyl (C=O) groups excluding carboxylic acids is 2. The first-order valence-corrected chi connectivity index (χ1v) is 6.03. The van der Waals surface area contributed by atoms with Crippen molar-refractivity contribution >= 4 is 11.8 Å². The fraction of sp³-hybridized carbons (Fsp3) is 0.538. The van der Waals surface area contributed by atoms with Crippen molar-refractivity contribution in [1.82, 2.24) is 4.90 Å². The number of Topliss-reactive ketones (excluding diaryl/α,β-unsaturated/α-hetero) is 1. The molecule has 0 spiro atoms. The summed E-state index contributed by atoms with van der Waals surface area (Å²) in [6.07, 6.45) is 5.04. The number of rotatable bonds is 5. The van der Waals surface area contributed by atoms with Gasteiger partial charge in [0.25, 0.3) is 0 Å². The molecule has 1 saturated heterocycles. The highest BCUT2D eigenvalue weighted by molar-refractivity contribution is 6.16. The van der Waals surface area contributed by atoms with Gasteiger partial charge in [-0.05, 0) is 32.2 Å². The van der Waals surface area contributed by atoms with E-state index in [1.54, 1.807) is 13.0 Å². The van der Waals surface area contributed by atoms with E-state index >= 15 is 0 Å². The second-order valence-corrected chi connectivity index (χ2v) is 3.85. The molecule has 0 aromatic heterocycles. The molecule has 0 N–H and O–H groups in total. The molecule has 1 heterocycles. The van der Waals surface area contributed by atoms with Gasteiger partial charge in [0, 0.05) is 13.1 Å². The van der Waals surface area contributed by atoms with Crippen LogP contribution in [0, 0.1) is 0 Å². The molecule has 0 aromatic carbocycles. The molecule has 1 rings (SSSR count). The maximum absolute atomic E-state index is 11.5. The highest BCUT2D eigenvalue weighted by atomic mass is 16.5. The van der Waals surface area contributed by atoms with Crippen molar-refractivity contribution in [2.24, 2.45) is 0 Å². The lowest BCUT2D eigenvalue weighted by molar-refractivity contribution is -0.139. The zero-order chi connectivity index (χ0) is 13.4. The number of hydrogen-bond acceptors (Lipinski definition) is 5. The standard InChI is InChI=1S/C13H19NO4/c1-3-18-13(16)12(11(2)15)5-4-6-14-7-9-17-10-8-14/h4-6H,3,7-10H2,1-2H3. The molecule has 1 aliphatic heterocycles. The van der Waals surface area contributed by atoms with Gasteiger partial charge in [0.05, 0.1) is 19.8 Å². The molecule has 5 heteroatoms. The van der Waals surface area contributed by atoms with Crippen LogP contribution in [0.15, 0.2) is 23.9 Å². The molecular formula is C13H19NO4. The molecule has 0 aromatic rings. The number of allylic oxidation sites excluding steroid dienone is 2. The fourth-order valence-electron chi connectivity index (χ4n) is 1.53. The van der Waals surface area contributed by atoms with Gasteiger partial charge in [-0.15, -0.1) is 0 Å². The summed E-state index contributed by atoms with van der Waals surface area (Å²) in [5.74, 6) is -0.864. The topological polar surface area (TPSA) is 55.8 Å². The third kappa shape index (κ3) is 4.71. The molecule has 0 bridgehead atoms. The Balaban J connectivity index is 2.61. The molecule has 0 unspecified atom stereocenters. The minimum Gasteiger partial charge on any atom is -0.462 e. The van der Waals surface area contributed by atoms with Crippen LogP contribution in [0.3, 0.4) is 0 Å². The van der Waals surface area contributed by atoms with Gasteiger partial charge in [0.1, 0.15) is 5.57 Å². The molecule has 0 amide bonds. The Kier molecular flexibility index (Phi) is 6.14. The summed E-state index contributed by atoms with van der Waals surface area (Å²) in [6, 6.07) is 0. The van der Waals surface area contributed by atoms with Crippen LogP contribution in [0.5, 0.6) is 0 Å². The first kappa shape index (κ1) is 14.4. The van der Waals surface area contributed by atoms with Crippen molar-refractivity contribution in [3.05, 3.63) is 23.9 Å². The normalized spacial score (nSPS) is 17.0. The third-order valence-electron chi connectivity index (χ3n) is 2.48. The van der Waals surface area contributed by atoms with Crippen LogP contribution in [0.1, 0.15) is 13.8 Å². The second kappa shape index (κ2) is 7.66. The fourth-order valence-corrected chi connectivity index (χ4v) is 1.53.